The maximum atomic E-state index is 12.6. The number of nitrogens with zero attached hydrogens (tertiary/aromatic N) is 1. The van der Waals surface area contributed by atoms with Crippen molar-refractivity contribution in [3.63, 3.8) is 0 Å². The quantitative estimate of drug-likeness (QED) is 0.866. The first kappa shape index (κ1) is 15.5. The van der Waals surface area contributed by atoms with E-state index in [0.717, 1.165) is 24.7 Å². The molecule has 0 unspecified atom stereocenters. The van der Waals surface area contributed by atoms with E-state index in [9.17, 15) is 9.59 Å². The molecule has 4 nitrogen and oxygen atoms in total. The first-order valence-electron chi connectivity index (χ1n) is 9.71. The van der Waals surface area contributed by atoms with Gasteiger partial charge in [0.05, 0.1) is 5.92 Å². The Morgan fingerprint density at radius 1 is 1.17 bits per heavy atom. The number of amides is 2. The highest BCUT2D eigenvalue weighted by Gasteiger charge is 2.43. The zero-order chi connectivity index (χ0) is 16.0. The minimum absolute atomic E-state index is 0.120. The van der Waals surface area contributed by atoms with E-state index < -0.39 is 0 Å². The van der Waals surface area contributed by atoms with Crippen molar-refractivity contribution in [2.24, 2.45) is 23.7 Å². The zero-order valence-electron chi connectivity index (χ0n) is 14.3. The molecule has 1 heterocycles. The highest BCUT2D eigenvalue weighted by molar-refractivity contribution is 5.89. The lowest BCUT2D eigenvalue weighted by Gasteiger charge is -2.29. The average Bonchev–Trinajstić information content (AvgIpc) is 3.30. The molecule has 23 heavy (non-hydrogen) atoms. The molecule has 0 radical (unpaired) electrons. The smallest absolute Gasteiger partial charge is 0.225 e. The molecule has 0 aromatic carbocycles. The molecule has 0 aromatic heterocycles. The molecule has 0 aromatic rings. The highest BCUT2D eigenvalue weighted by Crippen LogP contribution is 2.49. The molecular weight excluding hydrogens is 288 g/mol. The molecule has 1 N–H and O–H groups in total. The van der Waals surface area contributed by atoms with Crippen LogP contribution in [0.25, 0.3) is 0 Å². The van der Waals surface area contributed by atoms with Gasteiger partial charge in [-0.25, -0.2) is 0 Å². The predicted molar refractivity (Wildman–Crippen MR) is 88.6 cm³/mol. The second-order valence-electron chi connectivity index (χ2n) is 8.52. The Hall–Kier alpha value is -1.06. The topological polar surface area (TPSA) is 49.4 Å². The molecule has 1 aliphatic heterocycles. The van der Waals surface area contributed by atoms with Gasteiger partial charge in [-0.1, -0.05) is 19.3 Å². The summed E-state index contributed by atoms with van der Waals surface area (Å²) in [6.07, 6.45) is 10.6. The summed E-state index contributed by atoms with van der Waals surface area (Å²) in [6, 6.07) is 0.678. The lowest BCUT2D eigenvalue weighted by atomic mass is 9.84. The minimum atomic E-state index is -0.121. The fourth-order valence-corrected chi connectivity index (χ4v) is 5.83. The van der Waals surface area contributed by atoms with Gasteiger partial charge in [-0.3, -0.25) is 9.59 Å². The van der Waals surface area contributed by atoms with Gasteiger partial charge in [0, 0.05) is 25.0 Å². The fourth-order valence-electron chi connectivity index (χ4n) is 5.83. The van der Waals surface area contributed by atoms with E-state index in [1.165, 1.54) is 38.5 Å². The summed E-state index contributed by atoms with van der Waals surface area (Å²) in [4.78, 5) is 26.9. The first-order chi connectivity index (χ1) is 11.1. The van der Waals surface area contributed by atoms with Gasteiger partial charge in [-0.2, -0.15) is 0 Å². The normalized spacial score (nSPS) is 38.5. The number of hydrogen-bond donors (Lipinski definition) is 1. The summed E-state index contributed by atoms with van der Waals surface area (Å²) in [7, 11) is 0. The summed E-state index contributed by atoms with van der Waals surface area (Å²) in [6.45, 7) is 2.83. The van der Waals surface area contributed by atoms with Gasteiger partial charge < -0.3 is 10.2 Å². The van der Waals surface area contributed by atoms with E-state index in [1.807, 2.05) is 4.90 Å². The van der Waals surface area contributed by atoms with Crippen LogP contribution in [-0.4, -0.2) is 35.3 Å². The Balaban J connectivity index is 1.31. The molecule has 1 saturated heterocycles. The largest absolute Gasteiger partial charge is 0.353 e. The molecule has 4 rings (SSSR count). The van der Waals surface area contributed by atoms with Crippen LogP contribution in [0.5, 0.6) is 0 Å². The Kier molecular flexibility index (Phi) is 4.10. The lowest BCUT2D eigenvalue weighted by molar-refractivity contribution is -0.130. The summed E-state index contributed by atoms with van der Waals surface area (Å²) in [5.41, 5.74) is 0. The number of hydrogen-bond acceptors (Lipinski definition) is 2. The van der Waals surface area contributed by atoms with Crippen molar-refractivity contribution < 1.29 is 9.59 Å². The van der Waals surface area contributed by atoms with E-state index in [2.05, 4.69) is 12.2 Å². The Bertz CT molecular complexity index is 486. The molecule has 4 heteroatoms. The van der Waals surface area contributed by atoms with Gasteiger partial charge in [0.2, 0.25) is 11.8 Å². The number of fused-ring (bicyclic) bond motifs is 2. The third-order valence-corrected chi connectivity index (χ3v) is 7.10. The Morgan fingerprint density at radius 3 is 2.61 bits per heavy atom. The van der Waals surface area contributed by atoms with E-state index >= 15 is 0 Å². The molecule has 3 aliphatic carbocycles. The fraction of sp³-hybridized carbons (Fsp3) is 0.895. The van der Waals surface area contributed by atoms with Crippen LogP contribution in [0.2, 0.25) is 0 Å². The molecule has 128 valence electrons. The number of carbonyl (C=O) groups excluding carboxylic acids is 2. The van der Waals surface area contributed by atoms with Gasteiger partial charge in [0.25, 0.3) is 0 Å². The van der Waals surface area contributed by atoms with Crippen LogP contribution in [0.15, 0.2) is 0 Å². The van der Waals surface area contributed by atoms with Crippen molar-refractivity contribution in [2.45, 2.75) is 76.8 Å². The van der Waals surface area contributed by atoms with Gasteiger partial charge in [0.1, 0.15) is 0 Å². The number of likely N-dealkylation sites (tertiary alicyclic amines) is 1. The zero-order valence-corrected chi connectivity index (χ0v) is 14.3. The van der Waals surface area contributed by atoms with Crippen molar-refractivity contribution in [3.8, 4) is 0 Å². The molecular formula is C19H30N2O2. The number of nitrogens with one attached hydrogen (secondary N) is 1. The summed E-state index contributed by atoms with van der Waals surface area (Å²) in [5, 5.41) is 3.26. The van der Waals surface area contributed by atoms with Gasteiger partial charge in [-0.05, 0) is 56.8 Å². The predicted octanol–water partition coefficient (Wildman–Crippen LogP) is 2.72. The van der Waals surface area contributed by atoms with Crippen molar-refractivity contribution in [2.75, 3.05) is 6.54 Å². The van der Waals surface area contributed by atoms with Gasteiger partial charge in [-0.15, -0.1) is 0 Å². The third-order valence-electron chi connectivity index (χ3n) is 7.10. The number of rotatable bonds is 4. The summed E-state index contributed by atoms with van der Waals surface area (Å²) >= 11 is 0. The van der Waals surface area contributed by atoms with E-state index in [-0.39, 0.29) is 23.8 Å². The second-order valence-corrected chi connectivity index (χ2v) is 8.52. The van der Waals surface area contributed by atoms with Crippen molar-refractivity contribution in [3.05, 3.63) is 0 Å². The Morgan fingerprint density at radius 2 is 1.96 bits per heavy atom. The SMILES string of the molecule is C[C@H](NC(=O)[C@H]1CC(=O)N(C2CCCC2)C1)[C@@H]1C[C@H]2CC[C@H]1C2. The van der Waals surface area contributed by atoms with E-state index in [0.29, 0.717) is 24.9 Å². The van der Waals surface area contributed by atoms with Crippen molar-refractivity contribution in [1.82, 2.24) is 10.2 Å². The lowest BCUT2D eigenvalue weighted by Crippen LogP contribution is -2.44. The maximum Gasteiger partial charge on any atom is 0.225 e. The standard InChI is InChI=1S/C19H30N2O2/c1-12(17-9-13-6-7-14(17)8-13)20-19(23)15-10-18(22)21(11-15)16-4-2-3-5-16/h12-17H,2-11H2,1H3,(H,20,23)/t12-,13-,14-,15-,17-/m0/s1. The van der Waals surface area contributed by atoms with Gasteiger partial charge >= 0.3 is 0 Å². The summed E-state index contributed by atoms with van der Waals surface area (Å²) in [5.74, 6) is 2.61. The van der Waals surface area contributed by atoms with Crippen LogP contribution in [-0.2, 0) is 9.59 Å². The summed E-state index contributed by atoms with van der Waals surface area (Å²) < 4.78 is 0. The minimum Gasteiger partial charge on any atom is -0.353 e. The van der Waals surface area contributed by atoms with E-state index in [4.69, 9.17) is 0 Å². The molecule has 2 amide bonds. The van der Waals surface area contributed by atoms with Crippen molar-refractivity contribution in [1.29, 1.82) is 0 Å². The monoisotopic (exact) mass is 318 g/mol. The van der Waals surface area contributed by atoms with Crippen LogP contribution in [0.3, 0.4) is 0 Å². The Labute approximate surface area is 139 Å². The maximum absolute atomic E-state index is 12.6. The average molecular weight is 318 g/mol. The molecule has 2 bridgehead atoms. The van der Waals surface area contributed by atoms with Crippen LogP contribution < -0.4 is 5.32 Å². The molecule has 4 aliphatic rings. The molecule has 0 spiro atoms. The number of carbonyl (C=O) groups is 2. The third kappa shape index (κ3) is 2.89. The molecule has 5 atom stereocenters. The van der Waals surface area contributed by atoms with Crippen LogP contribution in [0, 0.1) is 23.7 Å². The first-order valence-corrected chi connectivity index (χ1v) is 9.71. The van der Waals surface area contributed by atoms with Crippen molar-refractivity contribution >= 4 is 11.8 Å². The molecule has 4 fully saturated rings. The van der Waals surface area contributed by atoms with Crippen LogP contribution in [0.1, 0.15) is 64.7 Å². The van der Waals surface area contributed by atoms with Crippen LogP contribution >= 0.6 is 0 Å². The van der Waals surface area contributed by atoms with Crippen LogP contribution in [0.4, 0.5) is 0 Å². The second kappa shape index (κ2) is 6.10. The van der Waals surface area contributed by atoms with E-state index in [1.54, 1.807) is 0 Å². The highest BCUT2D eigenvalue weighted by atomic mass is 16.2. The van der Waals surface area contributed by atoms with Gasteiger partial charge in [0.15, 0.2) is 0 Å². The molecule has 3 saturated carbocycles.